The van der Waals surface area contributed by atoms with Crippen LogP contribution in [-0.4, -0.2) is 35.9 Å². The molecule has 1 aliphatic heterocycles. The van der Waals surface area contributed by atoms with Gasteiger partial charge in [-0.2, -0.15) is 9.57 Å². The number of nitrogens with zero attached hydrogens (tertiary/aromatic N) is 2. The predicted molar refractivity (Wildman–Crippen MR) is 70.3 cm³/mol. The largest absolute Gasteiger partial charge is 0.480 e. The summed E-state index contributed by atoms with van der Waals surface area (Å²) in [5.41, 5.74) is -1.20. The van der Waals surface area contributed by atoms with Crippen molar-refractivity contribution in [2.24, 2.45) is 0 Å². The maximum absolute atomic E-state index is 12.6. The number of carboxylic acid groups (broad SMARTS) is 1. The van der Waals surface area contributed by atoms with Gasteiger partial charge in [-0.3, -0.25) is 4.79 Å². The van der Waals surface area contributed by atoms with Gasteiger partial charge in [0.15, 0.2) is 0 Å². The van der Waals surface area contributed by atoms with Crippen molar-refractivity contribution < 1.29 is 18.3 Å². The van der Waals surface area contributed by atoms with E-state index in [-0.39, 0.29) is 23.4 Å². The van der Waals surface area contributed by atoms with Crippen molar-refractivity contribution in [3.05, 3.63) is 29.8 Å². The van der Waals surface area contributed by atoms with E-state index in [4.69, 9.17) is 5.26 Å². The predicted octanol–water partition coefficient (Wildman–Crippen LogP) is 1.19. The Kier molecular flexibility index (Phi) is 3.54. The number of carboxylic acids is 1. The maximum atomic E-state index is 12.6. The van der Waals surface area contributed by atoms with E-state index in [0.717, 1.165) is 4.31 Å². The Morgan fingerprint density at radius 1 is 1.50 bits per heavy atom. The van der Waals surface area contributed by atoms with Crippen LogP contribution in [0.15, 0.2) is 29.2 Å². The van der Waals surface area contributed by atoms with E-state index in [9.17, 15) is 18.3 Å². The van der Waals surface area contributed by atoms with Crippen LogP contribution >= 0.6 is 0 Å². The Labute approximate surface area is 117 Å². The average molecular weight is 294 g/mol. The summed E-state index contributed by atoms with van der Waals surface area (Å²) in [4.78, 5) is 11.3. The standard InChI is InChI=1S/C13H14N2O4S/c1-13(12(16)17)6-3-7-15(13)20(18,19)11-5-2-4-10(8-11)9-14/h2,4-5,8H,3,6-7H2,1H3,(H,16,17). The molecule has 106 valence electrons. The van der Waals surface area contributed by atoms with Crippen molar-refractivity contribution in [3.8, 4) is 6.07 Å². The third kappa shape index (κ3) is 2.17. The van der Waals surface area contributed by atoms with Crippen molar-refractivity contribution in [3.63, 3.8) is 0 Å². The highest BCUT2D eigenvalue weighted by Crippen LogP contribution is 2.34. The molecule has 7 heteroatoms. The molecule has 6 nitrogen and oxygen atoms in total. The summed E-state index contributed by atoms with van der Waals surface area (Å²) in [7, 11) is -3.92. The zero-order valence-corrected chi connectivity index (χ0v) is 11.7. The lowest BCUT2D eigenvalue weighted by Gasteiger charge is -2.30. The summed E-state index contributed by atoms with van der Waals surface area (Å²) in [5, 5.41) is 18.1. The van der Waals surface area contributed by atoms with Crippen LogP contribution in [0.1, 0.15) is 25.3 Å². The Morgan fingerprint density at radius 2 is 2.20 bits per heavy atom. The lowest BCUT2D eigenvalue weighted by atomic mass is 10.0. The van der Waals surface area contributed by atoms with Crippen LogP contribution < -0.4 is 0 Å². The third-order valence-electron chi connectivity index (χ3n) is 3.59. The molecule has 1 fully saturated rings. The van der Waals surface area contributed by atoms with Crippen molar-refractivity contribution >= 4 is 16.0 Å². The van der Waals surface area contributed by atoms with E-state index in [0.29, 0.717) is 6.42 Å². The van der Waals surface area contributed by atoms with E-state index in [2.05, 4.69) is 0 Å². The Bertz CT molecular complexity index is 693. The Balaban J connectivity index is 2.50. The highest BCUT2D eigenvalue weighted by atomic mass is 32.2. The molecule has 1 unspecified atom stereocenters. The molecule has 1 saturated heterocycles. The number of carbonyl (C=O) groups is 1. The molecule has 0 aliphatic carbocycles. The van der Waals surface area contributed by atoms with E-state index < -0.39 is 21.5 Å². The molecule has 20 heavy (non-hydrogen) atoms. The van der Waals surface area contributed by atoms with Gasteiger partial charge in [0.2, 0.25) is 10.0 Å². The molecule has 0 saturated carbocycles. The van der Waals surface area contributed by atoms with Crippen molar-refractivity contribution in [1.29, 1.82) is 5.26 Å². The monoisotopic (exact) mass is 294 g/mol. The van der Waals surface area contributed by atoms with E-state index in [1.807, 2.05) is 6.07 Å². The quantitative estimate of drug-likeness (QED) is 0.902. The van der Waals surface area contributed by atoms with Gasteiger partial charge in [0, 0.05) is 6.54 Å². The maximum Gasteiger partial charge on any atom is 0.324 e. The summed E-state index contributed by atoms with van der Waals surface area (Å²) in [6, 6.07) is 7.48. The van der Waals surface area contributed by atoms with Gasteiger partial charge < -0.3 is 5.11 Å². The van der Waals surface area contributed by atoms with Gasteiger partial charge in [0.25, 0.3) is 0 Å². The van der Waals surface area contributed by atoms with Gasteiger partial charge in [-0.1, -0.05) is 6.07 Å². The van der Waals surface area contributed by atoms with Crippen LogP contribution in [0, 0.1) is 11.3 Å². The molecule has 1 N–H and O–H groups in total. The summed E-state index contributed by atoms with van der Waals surface area (Å²) in [5.74, 6) is -1.16. The van der Waals surface area contributed by atoms with Gasteiger partial charge in [-0.15, -0.1) is 0 Å². The highest BCUT2D eigenvalue weighted by molar-refractivity contribution is 7.89. The molecule has 1 aliphatic rings. The van der Waals surface area contributed by atoms with Gasteiger partial charge in [0.1, 0.15) is 5.54 Å². The van der Waals surface area contributed by atoms with E-state index >= 15 is 0 Å². The molecule has 0 aromatic heterocycles. The lowest BCUT2D eigenvalue weighted by molar-refractivity contribution is -0.146. The molecule has 1 atom stereocenters. The first-order valence-corrected chi connectivity index (χ1v) is 7.53. The fourth-order valence-corrected chi connectivity index (χ4v) is 4.24. The number of nitriles is 1. The average Bonchev–Trinajstić information content (AvgIpc) is 2.83. The normalized spacial score (nSPS) is 23.4. The van der Waals surface area contributed by atoms with Gasteiger partial charge >= 0.3 is 5.97 Å². The zero-order valence-electron chi connectivity index (χ0n) is 10.9. The van der Waals surface area contributed by atoms with Crippen LogP contribution in [-0.2, 0) is 14.8 Å². The Morgan fingerprint density at radius 3 is 2.80 bits per heavy atom. The molecule has 0 radical (unpaired) electrons. The molecule has 0 bridgehead atoms. The number of aliphatic carboxylic acids is 1. The van der Waals surface area contributed by atoms with Crippen LogP contribution in [0.2, 0.25) is 0 Å². The van der Waals surface area contributed by atoms with E-state index in [1.54, 1.807) is 0 Å². The summed E-state index contributed by atoms with van der Waals surface area (Å²) >= 11 is 0. The number of sulfonamides is 1. The molecule has 2 rings (SSSR count). The summed E-state index contributed by atoms with van der Waals surface area (Å²) in [6.45, 7) is 1.58. The zero-order chi connectivity index (χ0) is 15.0. The minimum atomic E-state index is -3.92. The highest BCUT2D eigenvalue weighted by Gasteiger charge is 2.49. The second-order valence-corrected chi connectivity index (χ2v) is 6.76. The number of hydrogen-bond acceptors (Lipinski definition) is 4. The van der Waals surface area contributed by atoms with Crippen molar-refractivity contribution in [2.45, 2.75) is 30.2 Å². The van der Waals surface area contributed by atoms with Crippen LogP contribution in [0.4, 0.5) is 0 Å². The molecule has 0 spiro atoms. The third-order valence-corrected chi connectivity index (χ3v) is 5.60. The van der Waals surface area contributed by atoms with Crippen LogP contribution in [0.3, 0.4) is 0 Å². The van der Waals surface area contributed by atoms with Crippen LogP contribution in [0.5, 0.6) is 0 Å². The van der Waals surface area contributed by atoms with Crippen molar-refractivity contribution in [2.75, 3.05) is 6.54 Å². The molecular formula is C13H14N2O4S. The number of benzene rings is 1. The SMILES string of the molecule is CC1(C(=O)O)CCCN1S(=O)(=O)c1cccc(C#N)c1. The summed E-state index contributed by atoms with van der Waals surface area (Å²) in [6.07, 6.45) is 0.777. The summed E-state index contributed by atoms with van der Waals surface area (Å²) < 4.78 is 26.2. The van der Waals surface area contributed by atoms with Crippen molar-refractivity contribution in [1.82, 2.24) is 4.31 Å². The molecular weight excluding hydrogens is 280 g/mol. The molecule has 1 aromatic rings. The number of rotatable bonds is 3. The minimum absolute atomic E-state index is 0.0501. The molecule has 0 amide bonds. The first-order valence-electron chi connectivity index (χ1n) is 6.09. The van der Waals surface area contributed by atoms with Crippen LogP contribution in [0.25, 0.3) is 0 Å². The lowest BCUT2D eigenvalue weighted by Crippen LogP contribution is -2.50. The first-order chi connectivity index (χ1) is 9.32. The molecule has 1 heterocycles. The second-order valence-electron chi connectivity index (χ2n) is 4.90. The number of hydrogen-bond donors (Lipinski definition) is 1. The Hall–Kier alpha value is -1.91. The van der Waals surface area contributed by atoms with Gasteiger partial charge in [0.05, 0.1) is 16.5 Å². The van der Waals surface area contributed by atoms with Gasteiger partial charge in [-0.05, 0) is 38.0 Å². The molecule has 1 aromatic carbocycles. The fraction of sp³-hybridized carbons (Fsp3) is 0.385. The minimum Gasteiger partial charge on any atom is -0.480 e. The topological polar surface area (TPSA) is 98.5 Å². The second kappa shape index (κ2) is 4.89. The van der Waals surface area contributed by atoms with Gasteiger partial charge in [-0.25, -0.2) is 8.42 Å². The first kappa shape index (κ1) is 14.5. The smallest absolute Gasteiger partial charge is 0.324 e. The van der Waals surface area contributed by atoms with E-state index in [1.165, 1.54) is 31.2 Å². The fourth-order valence-electron chi connectivity index (χ4n) is 2.39.